The van der Waals surface area contributed by atoms with Crippen LogP contribution in [0.5, 0.6) is 0 Å². The molecule has 66 valence electrons. The molecule has 0 bridgehead atoms. The Morgan fingerprint density at radius 1 is 1.75 bits per heavy atom. The summed E-state index contributed by atoms with van der Waals surface area (Å²) in [4.78, 5) is 31.9. The van der Waals surface area contributed by atoms with E-state index in [9.17, 15) is 14.5 Å². The average Bonchev–Trinajstić information content (AvgIpc) is 2.45. The van der Waals surface area contributed by atoms with Crippen LogP contribution in [0.4, 0.5) is 0 Å². The first-order valence-corrected chi connectivity index (χ1v) is 4.73. The standard InChI is InChI=1S/C7H9NO3S/c1-2-4-5(6(9)8-11)3-12-7(4)10/h4-5H,2-3H2,1H3. The summed E-state index contributed by atoms with van der Waals surface area (Å²) in [6.07, 6.45) is 0.609. The Morgan fingerprint density at radius 3 is 2.92 bits per heavy atom. The van der Waals surface area contributed by atoms with Gasteiger partial charge in [-0.2, -0.15) is 0 Å². The molecule has 2 atom stereocenters. The molecule has 0 aromatic heterocycles. The minimum absolute atomic E-state index is 0.0134. The fraction of sp³-hybridized carbons (Fsp3) is 0.714. The van der Waals surface area contributed by atoms with Gasteiger partial charge in [-0.15, -0.1) is 4.91 Å². The van der Waals surface area contributed by atoms with Crippen LogP contribution in [0.15, 0.2) is 5.18 Å². The van der Waals surface area contributed by atoms with Crippen LogP contribution in [0, 0.1) is 16.7 Å². The molecule has 2 unspecified atom stereocenters. The fourth-order valence-electron chi connectivity index (χ4n) is 1.32. The van der Waals surface area contributed by atoms with E-state index in [1.165, 1.54) is 0 Å². The van der Waals surface area contributed by atoms with Crippen molar-refractivity contribution in [1.29, 1.82) is 0 Å². The predicted molar refractivity (Wildman–Crippen MR) is 45.5 cm³/mol. The van der Waals surface area contributed by atoms with Crippen LogP contribution in [-0.4, -0.2) is 16.8 Å². The molecule has 1 fully saturated rings. The highest BCUT2D eigenvalue weighted by Gasteiger charge is 2.39. The summed E-state index contributed by atoms with van der Waals surface area (Å²) in [6.45, 7) is 1.83. The molecule has 0 spiro atoms. The van der Waals surface area contributed by atoms with Crippen molar-refractivity contribution in [1.82, 2.24) is 0 Å². The minimum Gasteiger partial charge on any atom is -0.287 e. The molecule has 0 saturated carbocycles. The van der Waals surface area contributed by atoms with Crippen molar-refractivity contribution in [2.24, 2.45) is 17.0 Å². The highest BCUT2D eigenvalue weighted by Crippen LogP contribution is 2.34. The second-order valence-electron chi connectivity index (χ2n) is 2.68. The molecular formula is C7H9NO3S. The number of hydrogen-bond donors (Lipinski definition) is 0. The van der Waals surface area contributed by atoms with Gasteiger partial charge in [0, 0.05) is 16.8 Å². The second kappa shape index (κ2) is 3.80. The van der Waals surface area contributed by atoms with E-state index in [-0.39, 0.29) is 11.0 Å². The summed E-state index contributed by atoms with van der Waals surface area (Å²) in [7, 11) is 0. The SMILES string of the molecule is CCC1C(=O)SCC1C(=O)N=O. The molecule has 1 saturated heterocycles. The smallest absolute Gasteiger partial charge is 0.287 e. The van der Waals surface area contributed by atoms with Crippen molar-refractivity contribution in [3.05, 3.63) is 4.91 Å². The summed E-state index contributed by atoms with van der Waals surface area (Å²) in [5.41, 5.74) is 0. The number of amides is 1. The van der Waals surface area contributed by atoms with Gasteiger partial charge >= 0.3 is 0 Å². The van der Waals surface area contributed by atoms with E-state index in [1.54, 1.807) is 0 Å². The molecule has 0 aromatic carbocycles. The van der Waals surface area contributed by atoms with Crippen LogP contribution >= 0.6 is 11.8 Å². The molecule has 1 aliphatic heterocycles. The lowest BCUT2D eigenvalue weighted by molar-refractivity contribution is -0.126. The first-order valence-electron chi connectivity index (χ1n) is 3.74. The van der Waals surface area contributed by atoms with Gasteiger partial charge in [0.05, 0.1) is 5.92 Å². The molecule has 1 rings (SSSR count). The van der Waals surface area contributed by atoms with Crippen molar-refractivity contribution in [2.45, 2.75) is 13.3 Å². The van der Waals surface area contributed by atoms with Crippen LogP contribution in [0.3, 0.4) is 0 Å². The Hall–Kier alpha value is -0.710. The Kier molecular flexibility index (Phi) is 2.97. The van der Waals surface area contributed by atoms with E-state index >= 15 is 0 Å². The summed E-state index contributed by atoms with van der Waals surface area (Å²) in [5.74, 6) is -1.02. The predicted octanol–water partition coefficient (Wildman–Crippen LogP) is 1.20. The zero-order valence-corrected chi connectivity index (χ0v) is 7.47. The maximum atomic E-state index is 11.1. The monoisotopic (exact) mass is 187 g/mol. The average molecular weight is 187 g/mol. The van der Waals surface area contributed by atoms with E-state index in [0.717, 1.165) is 11.8 Å². The van der Waals surface area contributed by atoms with Gasteiger partial charge in [-0.25, -0.2) is 0 Å². The third-order valence-corrected chi connectivity index (χ3v) is 3.15. The van der Waals surface area contributed by atoms with E-state index in [0.29, 0.717) is 12.2 Å². The van der Waals surface area contributed by atoms with Gasteiger partial charge in [0.2, 0.25) is 0 Å². The first-order chi connectivity index (χ1) is 5.70. The molecule has 0 aliphatic carbocycles. The van der Waals surface area contributed by atoms with E-state index in [4.69, 9.17) is 0 Å². The van der Waals surface area contributed by atoms with Crippen LogP contribution in [0.2, 0.25) is 0 Å². The Morgan fingerprint density at radius 2 is 2.42 bits per heavy atom. The summed E-state index contributed by atoms with van der Waals surface area (Å²) in [5, 5.41) is 2.36. The first kappa shape index (κ1) is 9.38. The molecular weight excluding hydrogens is 178 g/mol. The summed E-state index contributed by atoms with van der Waals surface area (Å²) < 4.78 is 0. The number of nitroso groups, excluding NO2 is 1. The van der Waals surface area contributed by atoms with Crippen LogP contribution < -0.4 is 0 Å². The highest BCUT2D eigenvalue weighted by atomic mass is 32.2. The number of rotatable bonds is 2. The van der Waals surface area contributed by atoms with Gasteiger partial charge in [-0.1, -0.05) is 18.7 Å². The number of carbonyl (C=O) groups excluding carboxylic acids is 2. The Balaban J connectivity index is 2.72. The van der Waals surface area contributed by atoms with E-state index in [1.807, 2.05) is 6.92 Å². The fourth-order valence-corrected chi connectivity index (χ4v) is 2.59. The van der Waals surface area contributed by atoms with Crippen LogP contribution in [0.1, 0.15) is 13.3 Å². The molecule has 1 heterocycles. The third-order valence-electron chi connectivity index (χ3n) is 2.04. The van der Waals surface area contributed by atoms with Gasteiger partial charge in [0.1, 0.15) is 0 Å². The number of thioether (sulfide) groups is 1. The number of hydrogen-bond acceptors (Lipinski definition) is 4. The number of nitrogens with zero attached hydrogens (tertiary/aromatic N) is 1. The largest absolute Gasteiger partial charge is 0.290 e. The zero-order valence-electron chi connectivity index (χ0n) is 6.65. The lowest BCUT2D eigenvalue weighted by Gasteiger charge is -2.08. The third kappa shape index (κ3) is 1.55. The van der Waals surface area contributed by atoms with E-state index in [2.05, 4.69) is 5.18 Å². The lowest BCUT2D eigenvalue weighted by Crippen LogP contribution is -2.21. The summed E-state index contributed by atoms with van der Waals surface area (Å²) in [6, 6.07) is 0. The van der Waals surface area contributed by atoms with E-state index < -0.39 is 11.8 Å². The topological polar surface area (TPSA) is 63.6 Å². The Bertz CT molecular complexity index is 229. The zero-order chi connectivity index (χ0) is 9.14. The van der Waals surface area contributed by atoms with Crippen molar-refractivity contribution in [3.63, 3.8) is 0 Å². The minimum atomic E-state index is -0.680. The van der Waals surface area contributed by atoms with Gasteiger partial charge < -0.3 is 0 Å². The molecule has 0 aromatic rings. The molecule has 1 aliphatic rings. The summed E-state index contributed by atoms with van der Waals surface area (Å²) >= 11 is 1.12. The van der Waals surface area contributed by atoms with Gasteiger partial charge in [-0.3, -0.25) is 9.59 Å². The number of carbonyl (C=O) groups is 2. The maximum absolute atomic E-state index is 11.1. The Labute approximate surface area is 74.1 Å². The van der Waals surface area contributed by atoms with Gasteiger partial charge in [-0.05, 0) is 6.42 Å². The van der Waals surface area contributed by atoms with Crippen molar-refractivity contribution in [2.75, 3.05) is 5.75 Å². The lowest BCUT2D eigenvalue weighted by atomic mass is 9.93. The van der Waals surface area contributed by atoms with Crippen molar-refractivity contribution >= 4 is 22.8 Å². The van der Waals surface area contributed by atoms with Gasteiger partial charge in [0.15, 0.2) is 5.12 Å². The molecule has 12 heavy (non-hydrogen) atoms. The quantitative estimate of drug-likeness (QED) is 0.609. The highest BCUT2D eigenvalue weighted by molar-refractivity contribution is 8.14. The second-order valence-corrected chi connectivity index (χ2v) is 3.71. The van der Waals surface area contributed by atoms with Crippen LogP contribution in [0.25, 0.3) is 0 Å². The van der Waals surface area contributed by atoms with Crippen LogP contribution in [-0.2, 0) is 9.59 Å². The molecule has 0 N–H and O–H groups in total. The van der Waals surface area contributed by atoms with Crippen molar-refractivity contribution in [3.8, 4) is 0 Å². The molecule has 4 nitrogen and oxygen atoms in total. The molecule has 5 heteroatoms. The normalized spacial score (nSPS) is 28.9. The molecule has 1 amide bonds. The molecule has 0 radical (unpaired) electrons. The maximum Gasteiger partial charge on any atom is 0.290 e. The van der Waals surface area contributed by atoms with Crippen molar-refractivity contribution < 1.29 is 9.59 Å². The van der Waals surface area contributed by atoms with Gasteiger partial charge in [0.25, 0.3) is 5.91 Å².